The predicted molar refractivity (Wildman–Crippen MR) is 131 cm³/mol. The number of nitrogens with one attached hydrogen (secondary N) is 1. The van der Waals surface area contributed by atoms with Gasteiger partial charge in [0.25, 0.3) is 5.56 Å². The van der Waals surface area contributed by atoms with Crippen LogP contribution in [0.5, 0.6) is 0 Å². The summed E-state index contributed by atoms with van der Waals surface area (Å²) in [6, 6.07) is 16.2. The lowest BCUT2D eigenvalue weighted by molar-refractivity contribution is 0.125. The quantitative estimate of drug-likeness (QED) is 0.457. The van der Waals surface area contributed by atoms with Crippen molar-refractivity contribution in [3.05, 3.63) is 87.0 Å². The number of pyridine rings is 1. The van der Waals surface area contributed by atoms with Crippen LogP contribution < -0.4 is 5.56 Å². The Kier molecular flexibility index (Phi) is 6.42. The summed E-state index contributed by atoms with van der Waals surface area (Å²) in [4.78, 5) is 18.9. The van der Waals surface area contributed by atoms with Gasteiger partial charge in [0.1, 0.15) is 6.04 Å². The molecule has 4 aromatic rings. The van der Waals surface area contributed by atoms with Crippen molar-refractivity contribution in [3.63, 3.8) is 0 Å². The molecule has 0 aliphatic carbocycles. The second kappa shape index (κ2) is 9.27. The number of fused-ring (bicyclic) bond motifs is 1. The van der Waals surface area contributed by atoms with E-state index < -0.39 is 6.04 Å². The smallest absolute Gasteiger partial charge is 0.253 e. The van der Waals surface area contributed by atoms with E-state index in [-0.39, 0.29) is 17.6 Å². The normalized spacial score (nSPS) is 12.9. The Labute approximate surface area is 194 Å². The lowest BCUT2D eigenvalue weighted by Gasteiger charge is -2.37. The van der Waals surface area contributed by atoms with Crippen LogP contribution in [0.4, 0.5) is 0 Å². The molecular weight excluding hydrogens is 412 g/mol. The van der Waals surface area contributed by atoms with Crippen molar-refractivity contribution in [2.45, 2.75) is 66.2 Å². The predicted octanol–water partition coefficient (Wildman–Crippen LogP) is 4.39. The van der Waals surface area contributed by atoms with Gasteiger partial charge in [-0.25, -0.2) is 4.68 Å². The first kappa shape index (κ1) is 22.9. The third-order valence-electron chi connectivity index (χ3n) is 6.11. The zero-order valence-electron chi connectivity index (χ0n) is 20.2. The van der Waals surface area contributed by atoms with E-state index in [4.69, 9.17) is 0 Å². The Morgan fingerprint density at radius 1 is 1.00 bits per heavy atom. The van der Waals surface area contributed by atoms with E-state index in [0.29, 0.717) is 17.9 Å². The highest BCUT2D eigenvalue weighted by atomic mass is 16.1. The number of aryl methyl sites for hydroxylation is 2. The third-order valence-corrected chi connectivity index (χ3v) is 6.11. The third kappa shape index (κ3) is 4.59. The molecule has 0 radical (unpaired) electrons. The Bertz CT molecular complexity index is 1300. The average molecular weight is 445 g/mol. The summed E-state index contributed by atoms with van der Waals surface area (Å²) >= 11 is 0. The summed E-state index contributed by atoms with van der Waals surface area (Å²) in [5.41, 5.74) is 4.75. The molecule has 0 fully saturated rings. The Balaban J connectivity index is 1.92. The van der Waals surface area contributed by atoms with E-state index in [2.05, 4.69) is 78.2 Å². The molecule has 0 aliphatic heterocycles. The Morgan fingerprint density at radius 2 is 1.70 bits per heavy atom. The molecule has 2 aromatic heterocycles. The topological polar surface area (TPSA) is 79.7 Å². The summed E-state index contributed by atoms with van der Waals surface area (Å²) in [6.45, 7) is 13.2. The van der Waals surface area contributed by atoms with Gasteiger partial charge < -0.3 is 4.98 Å². The van der Waals surface area contributed by atoms with Gasteiger partial charge in [-0.1, -0.05) is 36.4 Å². The average Bonchev–Trinajstić information content (AvgIpc) is 3.19. The number of tetrazole rings is 1. The molecule has 2 heterocycles. The molecule has 0 saturated heterocycles. The highest BCUT2D eigenvalue weighted by molar-refractivity contribution is 5.83. The molecule has 172 valence electrons. The standard InChI is InChI=1S/C26H32N6O/c1-16(2)32(17(3)4)24(25-28-29-30-31(25)15-20-10-8-7-9-11-20)22-14-21-19(6)12-18(5)13-23(21)27-26(22)33/h7-14,16-17,24H,15H2,1-6H3,(H,27,33). The number of aromatic nitrogens is 5. The minimum atomic E-state index is -0.391. The number of H-pyrrole nitrogens is 1. The van der Waals surface area contributed by atoms with Crippen LogP contribution in [0.1, 0.15) is 61.8 Å². The minimum absolute atomic E-state index is 0.113. The summed E-state index contributed by atoms with van der Waals surface area (Å²) in [5, 5.41) is 13.8. The molecule has 7 nitrogen and oxygen atoms in total. The number of hydrogen-bond acceptors (Lipinski definition) is 5. The first-order valence-corrected chi connectivity index (χ1v) is 11.5. The SMILES string of the molecule is Cc1cc(C)c2cc(C(c3nnnn3Cc3ccccc3)N(C(C)C)C(C)C)c(=O)[nH]c2c1. The van der Waals surface area contributed by atoms with Crippen molar-refractivity contribution in [3.8, 4) is 0 Å². The van der Waals surface area contributed by atoms with Crippen LogP contribution in [0.3, 0.4) is 0 Å². The first-order valence-electron chi connectivity index (χ1n) is 11.5. The van der Waals surface area contributed by atoms with Crippen LogP contribution in [0, 0.1) is 13.8 Å². The maximum atomic E-state index is 13.5. The molecule has 1 unspecified atom stereocenters. The number of hydrogen-bond donors (Lipinski definition) is 1. The summed E-state index contributed by atoms with van der Waals surface area (Å²) < 4.78 is 1.81. The molecule has 33 heavy (non-hydrogen) atoms. The van der Waals surface area contributed by atoms with E-state index >= 15 is 0 Å². The van der Waals surface area contributed by atoms with E-state index in [1.54, 1.807) is 0 Å². The summed E-state index contributed by atoms with van der Waals surface area (Å²) in [6.07, 6.45) is 0. The molecule has 4 rings (SSSR count). The van der Waals surface area contributed by atoms with Gasteiger partial charge in [-0.3, -0.25) is 9.69 Å². The second-order valence-corrected chi connectivity index (χ2v) is 9.31. The van der Waals surface area contributed by atoms with Gasteiger partial charge in [0.15, 0.2) is 5.82 Å². The molecular formula is C26H32N6O. The van der Waals surface area contributed by atoms with E-state index in [9.17, 15) is 4.79 Å². The summed E-state index contributed by atoms with van der Waals surface area (Å²) in [5.74, 6) is 0.663. The number of rotatable bonds is 7. The fourth-order valence-corrected chi connectivity index (χ4v) is 4.79. The fourth-order valence-electron chi connectivity index (χ4n) is 4.79. The highest BCUT2D eigenvalue weighted by Gasteiger charge is 2.33. The van der Waals surface area contributed by atoms with Gasteiger partial charge in [-0.15, -0.1) is 5.10 Å². The molecule has 0 aliphatic rings. The molecule has 1 atom stereocenters. The van der Waals surface area contributed by atoms with Crippen molar-refractivity contribution < 1.29 is 0 Å². The largest absolute Gasteiger partial charge is 0.322 e. The first-order chi connectivity index (χ1) is 15.8. The monoisotopic (exact) mass is 444 g/mol. The number of aromatic amines is 1. The van der Waals surface area contributed by atoms with Crippen molar-refractivity contribution in [1.82, 2.24) is 30.1 Å². The highest BCUT2D eigenvalue weighted by Crippen LogP contribution is 2.31. The fraction of sp³-hybridized carbons (Fsp3) is 0.385. The minimum Gasteiger partial charge on any atom is -0.322 e. The van der Waals surface area contributed by atoms with Crippen LogP contribution in [0.25, 0.3) is 10.9 Å². The molecule has 2 aromatic carbocycles. The van der Waals surface area contributed by atoms with Gasteiger partial charge in [-0.2, -0.15) is 0 Å². The molecule has 0 amide bonds. The maximum absolute atomic E-state index is 13.5. The van der Waals surface area contributed by atoms with Gasteiger partial charge in [0.05, 0.1) is 6.54 Å². The van der Waals surface area contributed by atoms with E-state index in [0.717, 1.165) is 27.6 Å². The van der Waals surface area contributed by atoms with E-state index in [1.165, 1.54) is 0 Å². The van der Waals surface area contributed by atoms with E-state index in [1.807, 2.05) is 41.9 Å². The van der Waals surface area contributed by atoms with Gasteiger partial charge in [-0.05, 0) is 80.8 Å². The molecule has 0 spiro atoms. The second-order valence-electron chi connectivity index (χ2n) is 9.31. The number of benzene rings is 2. The van der Waals surface area contributed by atoms with Crippen LogP contribution in [-0.4, -0.2) is 42.2 Å². The molecule has 0 saturated carbocycles. The van der Waals surface area contributed by atoms with Crippen molar-refractivity contribution in [2.24, 2.45) is 0 Å². The maximum Gasteiger partial charge on any atom is 0.253 e. The number of nitrogens with zero attached hydrogens (tertiary/aromatic N) is 5. The van der Waals surface area contributed by atoms with Crippen molar-refractivity contribution in [1.29, 1.82) is 0 Å². The van der Waals surface area contributed by atoms with Crippen molar-refractivity contribution in [2.75, 3.05) is 0 Å². The van der Waals surface area contributed by atoms with Crippen LogP contribution >= 0.6 is 0 Å². The van der Waals surface area contributed by atoms with Crippen molar-refractivity contribution >= 4 is 10.9 Å². The Hall–Kier alpha value is -3.32. The zero-order chi connectivity index (χ0) is 23.7. The Morgan fingerprint density at radius 3 is 2.36 bits per heavy atom. The van der Waals surface area contributed by atoms with Gasteiger partial charge in [0.2, 0.25) is 0 Å². The van der Waals surface area contributed by atoms with Gasteiger partial charge >= 0.3 is 0 Å². The van der Waals surface area contributed by atoms with Crippen LogP contribution in [-0.2, 0) is 6.54 Å². The molecule has 1 N–H and O–H groups in total. The summed E-state index contributed by atoms with van der Waals surface area (Å²) in [7, 11) is 0. The molecule has 0 bridgehead atoms. The molecule has 7 heteroatoms. The lowest BCUT2D eigenvalue weighted by atomic mass is 9.98. The van der Waals surface area contributed by atoms with Crippen LogP contribution in [0.15, 0.2) is 53.3 Å². The van der Waals surface area contributed by atoms with Gasteiger partial charge in [0, 0.05) is 28.6 Å². The lowest BCUT2D eigenvalue weighted by Crippen LogP contribution is -2.43. The zero-order valence-corrected chi connectivity index (χ0v) is 20.2. The van der Waals surface area contributed by atoms with Crippen LogP contribution in [0.2, 0.25) is 0 Å².